The molecule has 1 aromatic carbocycles. The van der Waals surface area contributed by atoms with Gasteiger partial charge in [-0.1, -0.05) is 12.1 Å². The van der Waals surface area contributed by atoms with E-state index in [4.69, 9.17) is 4.74 Å². The number of esters is 1. The molecular weight excluding hydrogens is 326 g/mol. The molecule has 2 N–H and O–H groups in total. The topological polar surface area (TPSA) is 93.7 Å². The lowest BCUT2D eigenvalue weighted by atomic mass is 10.2. The van der Waals surface area contributed by atoms with Gasteiger partial charge >= 0.3 is 18.6 Å². The zero-order valence-corrected chi connectivity index (χ0v) is 13.3. The van der Waals surface area contributed by atoms with Crippen molar-refractivity contribution in [2.75, 3.05) is 0 Å². The first kappa shape index (κ1) is 19.3. The lowest BCUT2D eigenvalue weighted by Gasteiger charge is -2.15. The zero-order chi connectivity index (χ0) is 18.3. The van der Waals surface area contributed by atoms with Crippen molar-refractivity contribution in [3.8, 4) is 5.75 Å². The van der Waals surface area contributed by atoms with Crippen LogP contribution in [-0.2, 0) is 9.53 Å². The summed E-state index contributed by atoms with van der Waals surface area (Å²) in [5, 5.41) is 4.43. The average molecular weight is 344 g/mol. The number of para-hydroxylation sites is 1. The second kappa shape index (κ2) is 8.80. The molecule has 0 aliphatic rings. The van der Waals surface area contributed by atoms with Gasteiger partial charge < -0.3 is 14.8 Å². The Morgan fingerprint density at radius 2 is 1.71 bits per heavy atom. The molecule has 132 valence electrons. The van der Waals surface area contributed by atoms with E-state index in [1.165, 1.54) is 31.2 Å². The van der Waals surface area contributed by atoms with Crippen LogP contribution in [-0.4, -0.2) is 36.7 Å². The van der Waals surface area contributed by atoms with Crippen molar-refractivity contribution in [1.82, 2.24) is 10.6 Å². The quantitative estimate of drug-likeness (QED) is 0.771. The highest BCUT2D eigenvalue weighted by molar-refractivity contribution is 5.99. The molecule has 0 saturated heterocycles. The summed E-state index contributed by atoms with van der Waals surface area (Å²) in [5.74, 6) is -2.26. The van der Waals surface area contributed by atoms with Crippen LogP contribution in [0.5, 0.6) is 5.75 Å². The Kier molecular flexibility index (Phi) is 7.09. The number of hydrogen-bond donors (Lipinski definition) is 2. The van der Waals surface area contributed by atoms with Crippen LogP contribution in [0.3, 0.4) is 0 Å². The summed E-state index contributed by atoms with van der Waals surface area (Å²) in [4.78, 5) is 35.2. The van der Waals surface area contributed by atoms with Crippen LogP contribution in [0.15, 0.2) is 24.3 Å². The number of ether oxygens (including phenoxy) is 2. The van der Waals surface area contributed by atoms with Gasteiger partial charge in [-0.25, -0.2) is 9.59 Å². The van der Waals surface area contributed by atoms with Gasteiger partial charge in [0, 0.05) is 6.04 Å². The molecule has 3 amide bonds. The zero-order valence-electron chi connectivity index (χ0n) is 13.3. The molecule has 0 aromatic heterocycles. The largest absolute Gasteiger partial charge is 0.449 e. The SMILES string of the molecule is CC(C)NC(=O)NC(=O)[C@H](C)OC(=O)c1ccccc1OC(F)F. The summed E-state index contributed by atoms with van der Waals surface area (Å²) in [7, 11) is 0. The van der Waals surface area contributed by atoms with E-state index in [0.717, 1.165) is 0 Å². The molecule has 7 nitrogen and oxygen atoms in total. The number of carbonyl (C=O) groups excluding carboxylic acids is 3. The number of benzene rings is 1. The van der Waals surface area contributed by atoms with Crippen molar-refractivity contribution < 1.29 is 32.6 Å². The first-order valence-corrected chi connectivity index (χ1v) is 7.07. The number of amides is 3. The lowest BCUT2D eigenvalue weighted by molar-refractivity contribution is -0.128. The standard InChI is InChI=1S/C15H18F2N2O5/c1-8(2)18-15(22)19-12(20)9(3)23-13(21)10-6-4-5-7-11(10)24-14(16)17/h4-9,14H,1-3H3,(H2,18,19,20,22)/t9-/m0/s1. The Labute approximate surface area is 137 Å². The average Bonchev–Trinajstić information content (AvgIpc) is 2.45. The Bertz CT molecular complexity index is 607. The second-order valence-corrected chi connectivity index (χ2v) is 5.04. The van der Waals surface area contributed by atoms with Gasteiger partial charge in [-0.3, -0.25) is 10.1 Å². The molecule has 24 heavy (non-hydrogen) atoms. The number of hydrogen-bond acceptors (Lipinski definition) is 5. The summed E-state index contributed by atoms with van der Waals surface area (Å²) in [6.07, 6.45) is -1.31. The third-order valence-corrected chi connectivity index (χ3v) is 2.63. The number of imide groups is 1. The smallest absolute Gasteiger partial charge is 0.387 e. The van der Waals surface area contributed by atoms with E-state index >= 15 is 0 Å². The van der Waals surface area contributed by atoms with Gasteiger partial charge in [0.1, 0.15) is 11.3 Å². The molecular formula is C15H18F2N2O5. The summed E-state index contributed by atoms with van der Waals surface area (Å²) < 4.78 is 33.7. The van der Waals surface area contributed by atoms with Crippen molar-refractivity contribution in [1.29, 1.82) is 0 Å². The van der Waals surface area contributed by atoms with Crippen molar-refractivity contribution in [2.45, 2.75) is 39.5 Å². The van der Waals surface area contributed by atoms with E-state index < -0.39 is 30.6 Å². The van der Waals surface area contributed by atoms with Crippen molar-refractivity contribution in [3.05, 3.63) is 29.8 Å². The van der Waals surface area contributed by atoms with E-state index in [-0.39, 0.29) is 17.4 Å². The first-order chi connectivity index (χ1) is 11.2. The van der Waals surface area contributed by atoms with Crippen molar-refractivity contribution in [3.63, 3.8) is 0 Å². The third-order valence-electron chi connectivity index (χ3n) is 2.63. The molecule has 1 atom stereocenters. The van der Waals surface area contributed by atoms with Gasteiger partial charge in [0.15, 0.2) is 6.10 Å². The van der Waals surface area contributed by atoms with Crippen LogP contribution in [0, 0.1) is 0 Å². The molecule has 0 radical (unpaired) electrons. The van der Waals surface area contributed by atoms with Gasteiger partial charge in [0.25, 0.3) is 5.91 Å². The molecule has 0 saturated carbocycles. The fourth-order valence-electron chi connectivity index (χ4n) is 1.62. The van der Waals surface area contributed by atoms with E-state index in [1.807, 2.05) is 5.32 Å². The van der Waals surface area contributed by atoms with Gasteiger partial charge in [-0.2, -0.15) is 8.78 Å². The maximum atomic E-state index is 12.3. The number of nitrogens with one attached hydrogen (secondary N) is 2. The predicted molar refractivity (Wildman–Crippen MR) is 79.8 cm³/mol. The van der Waals surface area contributed by atoms with Gasteiger partial charge in [0.2, 0.25) is 0 Å². The number of urea groups is 1. The van der Waals surface area contributed by atoms with Crippen molar-refractivity contribution >= 4 is 17.9 Å². The summed E-state index contributed by atoms with van der Waals surface area (Å²) in [6.45, 7) is 1.53. The summed E-state index contributed by atoms with van der Waals surface area (Å²) >= 11 is 0. The lowest BCUT2D eigenvalue weighted by Crippen LogP contribution is -2.46. The fourth-order valence-corrected chi connectivity index (χ4v) is 1.62. The molecule has 0 fully saturated rings. The van der Waals surface area contributed by atoms with Crippen molar-refractivity contribution in [2.24, 2.45) is 0 Å². The van der Waals surface area contributed by atoms with Crippen LogP contribution in [0.2, 0.25) is 0 Å². The van der Waals surface area contributed by atoms with Gasteiger partial charge in [0.05, 0.1) is 0 Å². The highest BCUT2D eigenvalue weighted by Gasteiger charge is 2.23. The minimum Gasteiger partial charge on any atom is -0.449 e. The molecule has 1 aromatic rings. The minimum absolute atomic E-state index is 0.186. The van der Waals surface area contributed by atoms with Gasteiger partial charge in [-0.15, -0.1) is 0 Å². The van der Waals surface area contributed by atoms with Crippen LogP contribution in [0.25, 0.3) is 0 Å². The molecule has 0 unspecified atom stereocenters. The normalized spacial score (nSPS) is 11.8. The Morgan fingerprint density at radius 3 is 2.29 bits per heavy atom. The van der Waals surface area contributed by atoms with Crippen LogP contribution in [0.1, 0.15) is 31.1 Å². The highest BCUT2D eigenvalue weighted by Crippen LogP contribution is 2.21. The number of carbonyl (C=O) groups is 3. The molecule has 0 aliphatic carbocycles. The Balaban J connectivity index is 2.70. The monoisotopic (exact) mass is 344 g/mol. The van der Waals surface area contributed by atoms with Crippen LogP contribution in [0.4, 0.5) is 13.6 Å². The highest BCUT2D eigenvalue weighted by atomic mass is 19.3. The Morgan fingerprint density at radius 1 is 1.08 bits per heavy atom. The van der Waals surface area contributed by atoms with E-state index in [1.54, 1.807) is 13.8 Å². The molecule has 0 aliphatic heterocycles. The summed E-state index contributed by atoms with van der Waals surface area (Å²) in [6, 6.07) is 4.30. The van der Waals surface area contributed by atoms with Crippen LogP contribution >= 0.6 is 0 Å². The predicted octanol–water partition coefficient (Wildman–Crippen LogP) is 2.07. The summed E-state index contributed by atoms with van der Waals surface area (Å²) in [5.41, 5.74) is -0.260. The first-order valence-electron chi connectivity index (χ1n) is 7.07. The second-order valence-electron chi connectivity index (χ2n) is 5.04. The third kappa shape index (κ3) is 6.19. The molecule has 0 bridgehead atoms. The van der Waals surface area contributed by atoms with E-state index in [2.05, 4.69) is 10.1 Å². The van der Waals surface area contributed by atoms with E-state index in [0.29, 0.717) is 0 Å². The fraction of sp³-hybridized carbons (Fsp3) is 0.400. The number of halogens is 2. The number of alkyl halides is 2. The molecule has 9 heteroatoms. The van der Waals surface area contributed by atoms with Crippen LogP contribution < -0.4 is 15.4 Å². The Hall–Kier alpha value is -2.71. The van der Waals surface area contributed by atoms with E-state index in [9.17, 15) is 23.2 Å². The molecule has 1 rings (SSSR count). The maximum absolute atomic E-state index is 12.3. The molecule has 0 spiro atoms. The maximum Gasteiger partial charge on any atom is 0.387 e. The van der Waals surface area contributed by atoms with Gasteiger partial charge in [-0.05, 0) is 32.9 Å². The minimum atomic E-state index is -3.11. The molecule has 0 heterocycles. The number of rotatable bonds is 6.